The topological polar surface area (TPSA) is 50.9 Å². The summed E-state index contributed by atoms with van der Waals surface area (Å²) in [6.07, 6.45) is 1.78. The third-order valence-electron chi connectivity index (χ3n) is 2.15. The van der Waals surface area contributed by atoms with Crippen LogP contribution in [0.15, 0.2) is 48.7 Å². The number of hydrogen-bond acceptors (Lipinski definition) is 3. The monoisotopic (exact) mass is 199 g/mol. The van der Waals surface area contributed by atoms with E-state index in [1.807, 2.05) is 42.5 Å². The van der Waals surface area contributed by atoms with Crippen LogP contribution in [0.3, 0.4) is 0 Å². The van der Waals surface area contributed by atoms with E-state index in [-0.39, 0.29) is 0 Å². The zero-order valence-corrected chi connectivity index (χ0v) is 8.35. The number of rotatable bonds is 3. The van der Waals surface area contributed by atoms with Gasteiger partial charge < -0.3 is 11.1 Å². The number of nitrogen functional groups attached to an aromatic ring is 1. The lowest BCUT2D eigenvalue weighted by Gasteiger charge is -2.07. The van der Waals surface area contributed by atoms with E-state index in [2.05, 4.69) is 10.3 Å². The molecule has 1 aromatic carbocycles. The van der Waals surface area contributed by atoms with E-state index in [4.69, 9.17) is 5.73 Å². The molecule has 76 valence electrons. The second-order valence-corrected chi connectivity index (χ2v) is 3.26. The Kier molecular flexibility index (Phi) is 2.83. The smallest absolute Gasteiger partial charge is 0.0594 e. The second-order valence-electron chi connectivity index (χ2n) is 3.26. The lowest BCUT2D eigenvalue weighted by molar-refractivity contribution is 1.05. The van der Waals surface area contributed by atoms with Crippen LogP contribution in [0.2, 0.25) is 0 Å². The minimum atomic E-state index is 0.690. The predicted molar refractivity (Wildman–Crippen MR) is 62.4 cm³/mol. The summed E-state index contributed by atoms with van der Waals surface area (Å²) in [7, 11) is 0. The van der Waals surface area contributed by atoms with Gasteiger partial charge in [-0.3, -0.25) is 4.98 Å². The van der Waals surface area contributed by atoms with Crippen LogP contribution in [0, 0.1) is 0 Å². The molecule has 0 aliphatic heterocycles. The van der Waals surface area contributed by atoms with Crippen LogP contribution >= 0.6 is 0 Å². The molecule has 0 radical (unpaired) electrons. The fourth-order valence-corrected chi connectivity index (χ4v) is 1.35. The van der Waals surface area contributed by atoms with Crippen LogP contribution in [0.25, 0.3) is 0 Å². The fraction of sp³-hybridized carbons (Fsp3) is 0.0833. The molecule has 0 fully saturated rings. The summed E-state index contributed by atoms with van der Waals surface area (Å²) < 4.78 is 0. The summed E-state index contributed by atoms with van der Waals surface area (Å²) in [5, 5.41) is 3.24. The number of aromatic nitrogens is 1. The summed E-state index contributed by atoms with van der Waals surface area (Å²) >= 11 is 0. The molecule has 0 amide bonds. The van der Waals surface area contributed by atoms with E-state index in [0.29, 0.717) is 6.54 Å². The second kappa shape index (κ2) is 4.46. The van der Waals surface area contributed by atoms with Crippen LogP contribution in [0.1, 0.15) is 5.69 Å². The van der Waals surface area contributed by atoms with Crippen molar-refractivity contribution in [1.82, 2.24) is 4.98 Å². The molecule has 3 nitrogen and oxygen atoms in total. The van der Waals surface area contributed by atoms with E-state index in [1.165, 1.54) is 0 Å². The first-order chi connectivity index (χ1) is 7.36. The average Bonchev–Trinajstić information content (AvgIpc) is 2.29. The molecule has 1 aromatic heterocycles. The molecule has 0 atom stereocenters. The number of nitrogens with zero attached hydrogens (tertiary/aromatic N) is 1. The van der Waals surface area contributed by atoms with Crippen LogP contribution in [-0.2, 0) is 6.54 Å². The number of pyridine rings is 1. The van der Waals surface area contributed by atoms with Gasteiger partial charge >= 0.3 is 0 Å². The highest BCUT2D eigenvalue weighted by atomic mass is 14.9. The Balaban J connectivity index is 2.03. The van der Waals surface area contributed by atoms with Crippen molar-refractivity contribution in [2.45, 2.75) is 6.54 Å². The molecule has 2 rings (SSSR count). The van der Waals surface area contributed by atoms with Gasteiger partial charge in [-0.05, 0) is 24.3 Å². The lowest BCUT2D eigenvalue weighted by atomic mass is 10.2. The van der Waals surface area contributed by atoms with Gasteiger partial charge in [-0.2, -0.15) is 0 Å². The molecule has 0 aliphatic carbocycles. The molecule has 0 aliphatic rings. The fourth-order valence-electron chi connectivity index (χ4n) is 1.35. The number of hydrogen-bond donors (Lipinski definition) is 2. The minimum absolute atomic E-state index is 0.690. The summed E-state index contributed by atoms with van der Waals surface area (Å²) in [5.74, 6) is 0. The Labute approximate surface area is 89.0 Å². The third kappa shape index (κ3) is 2.47. The van der Waals surface area contributed by atoms with Crippen LogP contribution in [-0.4, -0.2) is 4.98 Å². The molecular formula is C12H13N3. The minimum Gasteiger partial charge on any atom is -0.397 e. The molecule has 0 unspecified atom stereocenters. The van der Waals surface area contributed by atoms with Crippen LogP contribution < -0.4 is 11.1 Å². The Hall–Kier alpha value is -2.03. The highest BCUT2D eigenvalue weighted by Gasteiger charge is 1.97. The Bertz CT molecular complexity index is 426. The molecule has 15 heavy (non-hydrogen) atoms. The maximum Gasteiger partial charge on any atom is 0.0594 e. The Morgan fingerprint density at radius 3 is 2.60 bits per heavy atom. The van der Waals surface area contributed by atoms with Gasteiger partial charge in [-0.15, -0.1) is 0 Å². The van der Waals surface area contributed by atoms with E-state index >= 15 is 0 Å². The van der Waals surface area contributed by atoms with Crippen molar-refractivity contribution in [3.63, 3.8) is 0 Å². The van der Waals surface area contributed by atoms with Crippen molar-refractivity contribution in [3.8, 4) is 0 Å². The molecule has 3 N–H and O–H groups in total. The molecule has 0 saturated carbocycles. The Morgan fingerprint density at radius 2 is 1.87 bits per heavy atom. The highest BCUT2D eigenvalue weighted by Crippen LogP contribution is 2.17. The van der Waals surface area contributed by atoms with Gasteiger partial charge in [0, 0.05) is 6.20 Å². The molecule has 3 heteroatoms. The predicted octanol–water partition coefficient (Wildman–Crippen LogP) is 2.28. The first-order valence-corrected chi connectivity index (χ1v) is 4.84. The SMILES string of the molecule is Nc1ccccc1NCc1ccccn1. The number of benzene rings is 1. The molecular weight excluding hydrogens is 186 g/mol. The number of para-hydroxylation sites is 2. The first kappa shape index (κ1) is 9.52. The molecule has 0 saturated heterocycles. The van der Waals surface area contributed by atoms with Crippen molar-refractivity contribution in [3.05, 3.63) is 54.4 Å². The van der Waals surface area contributed by atoms with Gasteiger partial charge in [0.2, 0.25) is 0 Å². The maximum absolute atomic E-state index is 5.80. The summed E-state index contributed by atoms with van der Waals surface area (Å²) in [5.41, 5.74) is 8.51. The molecule has 2 aromatic rings. The van der Waals surface area contributed by atoms with E-state index < -0.39 is 0 Å². The van der Waals surface area contributed by atoms with Crippen molar-refractivity contribution in [2.24, 2.45) is 0 Å². The number of nitrogens with two attached hydrogens (primary N) is 1. The zero-order valence-electron chi connectivity index (χ0n) is 8.35. The maximum atomic E-state index is 5.80. The molecule has 1 heterocycles. The number of nitrogens with one attached hydrogen (secondary N) is 1. The van der Waals surface area contributed by atoms with Gasteiger partial charge in [0.1, 0.15) is 0 Å². The lowest BCUT2D eigenvalue weighted by Crippen LogP contribution is -2.03. The largest absolute Gasteiger partial charge is 0.397 e. The van der Waals surface area contributed by atoms with E-state index in [0.717, 1.165) is 17.1 Å². The first-order valence-electron chi connectivity index (χ1n) is 4.84. The van der Waals surface area contributed by atoms with Crippen molar-refractivity contribution < 1.29 is 0 Å². The van der Waals surface area contributed by atoms with Crippen molar-refractivity contribution in [2.75, 3.05) is 11.1 Å². The van der Waals surface area contributed by atoms with Gasteiger partial charge in [-0.1, -0.05) is 18.2 Å². The summed E-state index contributed by atoms with van der Waals surface area (Å²) in [4.78, 5) is 4.22. The average molecular weight is 199 g/mol. The van der Waals surface area contributed by atoms with Gasteiger partial charge in [0.15, 0.2) is 0 Å². The quantitative estimate of drug-likeness (QED) is 0.745. The highest BCUT2D eigenvalue weighted by molar-refractivity contribution is 5.65. The molecule has 0 bridgehead atoms. The third-order valence-corrected chi connectivity index (χ3v) is 2.15. The van der Waals surface area contributed by atoms with Gasteiger partial charge in [-0.25, -0.2) is 0 Å². The summed E-state index contributed by atoms with van der Waals surface area (Å²) in [6, 6.07) is 13.6. The van der Waals surface area contributed by atoms with Gasteiger partial charge in [0.05, 0.1) is 23.6 Å². The van der Waals surface area contributed by atoms with Crippen molar-refractivity contribution in [1.29, 1.82) is 0 Å². The van der Waals surface area contributed by atoms with E-state index in [1.54, 1.807) is 6.20 Å². The molecule has 0 spiro atoms. The van der Waals surface area contributed by atoms with Gasteiger partial charge in [0.25, 0.3) is 0 Å². The van der Waals surface area contributed by atoms with Crippen molar-refractivity contribution >= 4 is 11.4 Å². The van der Waals surface area contributed by atoms with Crippen LogP contribution in [0.4, 0.5) is 11.4 Å². The standard InChI is InChI=1S/C12H13N3/c13-11-6-1-2-7-12(11)15-9-10-5-3-4-8-14-10/h1-8,15H,9,13H2. The zero-order chi connectivity index (χ0) is 10.5. The Morgan fingerprint density at radius 1 is 1.07 bits per heavy atom. The van der Waals surface area contributed by atoms with Crippen LogP contribution in [0.5, 0.6) is 0 Å². The summed E-state index contributed by atoms with van der Waals surface area (Å²) in [6.45, 7) is 0.690. The normalized spacial score (nSPS) is 9.87. The van der Waals surface area contributed by atoms with E-state index in [9.17, 15) is 0 Å². The number of anilines is 2.